The van der Waals surface area contributed by atoms with Crippen LogP contribution in [0, 0.1) is 0 Å². The number of rotatable bonds is 7. The average Bonchev–Trinajstić information content (AvgIpc) is 2.28. The molecule has 0 fully saturated rings. The summed E-state index contributed by atoms with van der Waals surface area (Å²) in [4.78, 5) is 0.246. The molecule has 1 rings (SSSR count). The van der Waals surface area contributed by atoms with Gasteiger partial charge < -0.3 is 15.2 Å². The maximum Gasteiger partial charge on any atom is 0.130 e. The molecule has 0 amide bonds. The second-order valence-electron chi connectivity index (χ2n) is 3.38. The number of hydrogen-bond acceptors (Lipinski definition) is 3. The minimum atomic E-state index is 0.246. The molecule has 0 atom stereocenters. The first-order valence-electron chi connectivity index (χ1n) is 5.45. The second kappa shape index (κ2) is 7.48. The zero-order valence-corrected chi connectivity index (χ0v) is 11.3. The molecule has 0 heterocycles. The Morgan fingerprint density at radius 1 is 1.41 bits per heavy atom. The highest BCUT2D eigenvalue weighted by atomic mass is 35.5. The van der Waals surface area contributed by atoms with Gasteiger partial charge in [0.25, 0.3) is 0 Å². The number of hydrogen-bond donors (Lipinski definition) is 1. The van der Waals surface area contributed by atoms with E-state index in [2.05, 4.69) is 0 Å². The SMILES string of the molecule is CCOCCCOc1cccc(Cl)c1C(N)=S. The zero-order valence-electron chi connectivity index (χ0n) is 9.74. The Kier molecular flexibility index (Phi) is 6.26. The van der Waals surface area contributed by atoms with Crippen molar-refractivity contribution in [2.45, 2.75) is 13.3 Å². The van der Waals surface area contributed by atoms with Crippen molar-refractivity contribution in [2.24, 2.45) is 5.73 Å². The van der Waals surface area contributed by atoms with E-state index in [-0.39, 0.29) is 4.99 Å². The van der Waals surface area contributed by atoms with Crippen molar-refractivity contribution in [2.75, 3.05) is 19.8 Å². The highest BCUT2D eigenvalue weighted by Gasteiger charge is 2.10. The molecule has 0 aromatic heterocycles. The summed E-state index contributed by atoms with van der Waals surface area (Å²) in [6, 6.07) is 5.35. The third kappa shape index (κ3) is 4.50. The van der Waals surface area contributed by atoms with Gasteiger partial charge in [-0.1, -0.05) is 29.9 Å². The van der Waals surface area contributed by atoms with Crippen molar-refractivity contribution < 1.29 is 9.47 Å². The van der Waals surface area contributed by atoms with Crippen molar-refractivity contribution in [1.29, 1.82) is 0 Å². The molecular formula is C12H16ClNO2S. The molecule has 0 bridgehead atoms. The van der Waals surface area contributed by atoms with Gasteiger partial charge in [-0.15, -0.1) is 0 Å². The van der Waals surface area contributed by atoms with Gasteiger partial charge in [-0.3, -0.25) is 0 Å². The quantitative estimate of drug-likeness (QED) is 0.613. The lowest BCUT2D eigenvalue weighted by Gasteiger charge is -2.11. The molecule has 0 aliphatic heterocycles. The number of nitrogens with two attached hydrogens (primary N) is 1. The van der Waals surface area contributed by atoms with Crippen LogP contribution in [0.5, 0.6) is 5.75 Å². The Bertz CT molecular complexity index is 385. The van der Waals surface area contributed by atoms with Crippen molar-refractivity contribution in [3.05, 3.63) is 28.8 Å². The van der Waals surface area contributed by atoms with E-state index in [0.29, 0.717) is 29.5 Å². The average molecular weight is 274 g/mol. The van der Waals surface area contributed by atoms with Crippen molar-refractivity contribution in [3.8, 4) is 5.75 Å². The molecule has 2 N–H and O–H groups in total. The van der Waals surface area contributed by atoms with Gasteiger partial charge >= 0.3 is 0 Å². The summed E-state index contributed by atoms with van der Waals surface area (Å²) in [7, 11) is 0. The van der Waals surface area contributed by atoms with E-state index in [9.17, 15) is 0 Å². The molecule has 17 heavy (non-hydrogen) atoms. The van der Waals surface area contributed by atoms with Gasteiger partial charge in [0.15, 0.2) is 0 Å². The van der Waals surface area contributed by atoms with Crippen LogP contribution < -0.4 is 10.5 Å². The third-order valence-electron chi connectivity index (χ3n) is 2.12. The largest absolute Gasteiger partial charge is 0.493 e. The first-order chi connectivity index (χ1) is 8.16. The molecule has 0 aliphatic rings. The van der Waals surface area contributed by atoms with Crippen LogP contribution in [0.2, 0.25) is 5.02 Å². The summed E-state index contributed by atoms with van der Waals surface area (Å²) in [5, 5.41) is 0.514. The van der Waals surface area contributed by atoms with E-state index in [1.54, 1.807) is 12.1 Å². The lowest BCUT2D eigenvalue weighted by Crippen LogP contribution is -2.13. The predicted molar refractivity (Wildman–Crippen MR) is 73.9 cm³/mol. The van der Waals surface area contributed by atoms with Crippen LogP contribution in [-0.4, -0.2) is 24.8 Å². The van der Waals surface area contributed by atoms with E-state index >= 15 is 0 Å². The zero-order chi connectivity index (χ0) is 12.7. The molecule has 1 aromatic carbocycles. The third-order valence-corrected chi connectivity index (χ3v) is 2.64. The first kappa shape index (κ1) is 14.2. The predicted octanol–water partition coefficient (Wildman–Crippen LogP) is 2.78. The van der Waals surface area contributed by atoms with Crippen molar-refractivity contribution in [3.63, 3.8) is 0 Å². The van der Waals surface area contributed by atoms with Gasteiger partial charge in [-0.2, -0.15) is 0 Å². The van der Waals surface area contributed by atoms with Gasteiger partial charge in [0.2, 0.25) is 0 Å². The molecule has 0 radical (unpaired) electrons. The molecule has 3 nitrogen and oxygen atoms in total. The number of thiocarbonyl (C=S) groups is 1. The monoisotopic (exact) mass is 273 g/mol. The minimum absolute atomic E-state index is 0.246. The lowest BCUT2D eigenvalue weighted by molar-refractivity contribution is 0.131. The lowest BCUT2D eigenvalue weighted by atomic mass is 10.2. The maximum atomic E-state index is 6.01. The highest BCUT2D eigenvalue weighted by molar-refractivity contribution is 7.80. The summed E-state index contributed by atoms with van der Waals surface area (Å²) in [5.41, 5.74) is 6.21. The molecule has 0 unspecified atom stereocenters. The fourth-order valence-electron chi connectivity index (χ4n) is 1.35. The molecule has 0 spiro atoms. The molecule has 94 valence electrons. The van der Waals surface area contributed by atoms with Crippen LogP contribution in [0.3, 0.4) is 0 Å². The topological polar surface area (TPSA) is 44.5 Å². The molecule has 0 saturated carbocycles. The number of benzene rings is 1. The van der Waals surface area contributed by atoms with E-state index in [4.69, 9.17) is 39.0 Å². The van der Waals surface area contributed by atoms with Gasteiger partial charge in [0.1, 0.15) is 10.7 Å². The molecule has 1 aromatic rings. The fraction of sp³-hybridized carbons (Fsp3) is 0.417. The standard InChI is InChI=1S/C12H16ClNO2S/c1-2-15-7-4-8-16-10-6-3-5-9(13)11(10)12(14)17/h3,5-6H,2,4,7-8H2,1H3,(H2,14,17). The summed E-state index contributed by atoms with van der Waals surface area (Å²) < 4.78 is 10.8. The van der Waals surface area contributed by atoms with Crippen LogP contribution >= 0.6 is 23.8 Å². The Morgan fingerprint density at radius 3 is 2.82 bits per heavy atom. The van der Waals surface area contributed by atoms with E-state index in [1.807, 2.05) is 13.0 Å². The van der Waals surface area contributed by atoms with Crippen LogP contribution in [0.4, 0.5) is 0 Å². The Balaban J connectivity index is 2.58. The van der Waals surface area contributed by atoms with E-state index in [0.717, 1.165) is 13.0 Å². The van der Waals surface area contributed by atoms with Gasteiger partial charge in [0, 0.05) is 19.6 Å². The normalized spacial score (nSPS) is 10.2. The summed E-state index contributed by atoms with van der Waals surface area (Å²) >= 11 is 11.0. The molecule has 0 aliphatic carbocycles. The van der Waals surface area contributed by atoms with Crippen molar-refractivity contribution >= 4 is 28.8 Å². The summed E-state index contributed by atoms with van der Waals surface area (Å²) in [5.74, 6) is 0.626. The van der Waals surface area contributed by atoms with E-state index in [1.165, 1.54) is 0 Å². The van der Waals surface area contributed by atoms with Gasteiger partial charge in [0.05, 0.1) is 17.2 Å². The van der Waals surface area contributed by atoms with Crippen LogP contribution in [-0.2, 0) is 4.74 Å². The Morgan fingerprint density at radius 2 is 2.18 bits per heavy atom. The summed E-state index contributed by atoms with van der Waals surface area (Å²) in [6.07, 6.45) is 0.817. The smallest absolute Gasteiger partial charge is 0.130 e. The van der Waals surface area contributed by atoms with Gasteiger partial charge in [-0.05, 0) is 19.1 Å². The van der Waals surface area contributed by atoms with Crippen LogP contribution in [0.25, 0.3) is 0 Å². The second-order valence-corrected chi connectivity index (χ2v) is 4.22. The molecular weight excluding hydrogens is 258 g/mol. The number of halogens is 1. The van der Waals surface area contributed by atoms with Crippen LogP contribution in [0.15, 0.2) is 18.2 Å². The minimum Gasteiger partial charge on any atom is -0.493 e. The number of ether oxygens (including phenoxy) is 2. The Hall–Kier alpha value is -0.840. The van der Waals surface area contributed by atoms with E-state index < -0.39 is 0 Å². The molecule has 0 saturated heterocycles. The van der Waals surface area contributed by atoms with Gasteiger partial charge in [-0.25, -0.2) is 0 Å². The van der Waals surface area contributed by atoms with Crippen molar-refractivity contribution in [1.82, 2.24) is 0 Å². The molecule has 5 heteroatoms. The van der Waals surface area contributed by atoms with Crippen LogP contribution in [0.1, 0.15) is 18.9 Å². The first-order valence-corrected chi connectivity index (χ1v) is 6.24. The highest BCUT2D eigenvalue weighted by Crippen LogP contribution is 2.26. The Labute approximate surface area is 112 Å². The fourth-order valence-corrected chi connectivity index (χ4v) is 1.89. The maximum absolute atomic E-state index is 6.01. The summed E-state index contributed by atoms with van der Waals surface area (Å²) in [6.45, 7) is 3.91.